The summed E-state index contributed by atoms with van der Waals surface area (Å²) < 4.78 is 1.37. The van der Waals surface area contributed by atoms with Crippen molar-refractivity contribution in [2.24, 2.45) is 23.7 Å². The fourth-order valence-corrected chi connectivity index (χ4v) is 40.8. The fraction of sp³-hybridized carbons (Fsp3) is 0.600. The number of rotatable bonds is 1. The molecule has 0 aromatic heterocycles. The Balaban J connectivity index is 0.0000000959. The van der Waals surface area contributed by atoms with E-state index >= 15 is 0 Å². The van der Waals surface area contributed by atoms with Crippen molar-refractivity contribution in [2.45, 2.75) is 231 Å². The Bertz CT molecular complexity index is 4540. The minimum atomic E-state index is -0.328. The average molecular weight is 1740 g/mol. The zero-order valence-corrected chi connectivity index (χ0v) is 75.5. The predicted molar refractivity (Wildman–Crippen MR) is 495 cm³/mol. The van der Waals surface area contributed by atoms with Crippen molar-refractivity contribution in [2.75, 3.05) is 90.3 Å². The highest BCUT2D eigenvalue weighted by Gasteiger charge is 2.66. The van der Waals surface area contributed by atoms with Crippen molar-refractivity contribution in [1.29, 1.82) is 0 Å². The van der Waals surface area contributed by atoms with Gasteiger partial charge in [-0.2, -0.15) is 25.3 Å². The maximum atomic E-state index is 13.2. The molecule has 116 heavy (non-hydrogen) atoms. The minimum absolute atomic E-state index is 0.0580. The molecule has 11 nitrogen and oxygen atoms in total. The van der Waals surface area contributed by atoms with E-state index in [1.54, 1.807) is 16.7 Å². The molecule has 5 aliphatic carbocycles. The van der Waals surface area contributed by atoms with Gasteiger partial charge in [-0.15, -0.1) is 94.1 Å². The number of piperidine rings is 4. The van der Waals surface area contributed by atoms with Crippen LogP contribution in [0.15, 0.2) is 133 Å². The molecule has 4 saturated carbocycles. The molecule has 0 N–H and O–H groups in total. The quantitative estimate of drug-likeness (QED) is 0.0940. The molecule has 0 amide bonds. The van der Waals surface area contributed by atoms with Crippen LogP contribution in [0.3, 0.4) is 0 Å². The van der Waals surface area contributed by atoms with E-state index < -0.39 is 0 Å². The lowest BCUT2D eigenvalue weighted by Gasteiger charge is -2.62. The third kappa shape index (κ3) is 15.3. The average Bonchev–Trinajstić information content (AvgIpc) is 1.37. The summed E-state index contributed by atoms with van der Waals surface area (Å²) in [7, 11) is 0. The number of hydrogen-bond donors (Lipinski definition) is 2. The van der Waals surface area contributed by atoms with E-state index in [1.807, 2.05) is 6.07 Å². The van der Waals surface area contributed by atoms with Gasteiger partial charge in [0.05, 0.1) is 45.7 Å². The number of thiol groups is 2. The molecule has 5 aromatic rings. The molecule has 21 heteroatoms. The molecule has 13 atom stereocenters. The molecular formula is C95H115N5O6S10. The highest BCUT2D eigenvalue weighted by Crippen LogP contribution is 2.71. The van der Waals surface area contributed by atoms with Gasteiger partial charge in [0.1, 0.15) is 23.1 Å². The summed E-state index contributed by atoms with van der Waals surface area (Å²) >= 11 is 25.5. The topological polar surface area (TPSA) is 119 Å². The summed E-state index contributed by atoms with van der Waals surface area (Å²) in [6.07, 6.45) is 25.9. The second kappa shape index (κ2) is 35.6. The van der Waals surface area contributed by atoms with Crippen LogP contribution < -0.4 is 0 Å². The molecule has 12 fully saturated rings. The molecule has 8 saturated heterocycles. The van der Waals surface area contributed by atoms with Crippen molar-refractivity contribution in [3.8, 4) is 0 Å². The van der Waals surface area contributed by atoms with Crippen molar-refractivity contribution < 1.29 is 28.8 Å². The Morgan fingerprint density at radius 1 is 0.328 bits per heavy atom. The van der Waals surface area contributed by atoms with Crippen molar-refractivity contribution in [3.63, 3.8) is 0 Å². The number of fused-ring (bicyclic) bond motifs is 28. The first-order chi connectivity index (χ1) is 56.8. The van der Waals surface area contributed by atoms with Gasteiger partial charge in [-0.05, 0) is 189 Å². The van der Waals surface area contributed by atoms with Crippen LogP contribution in [0.5, 0.6) is 0 Å². The molecule has 24 rings (SSSR count). The number of allylic oxidation sites excluding steroid dienone is 2. The standard InChI is InChI=1S/C21H27NS4.2C19H23NOS2.C17H19NO2.C17H17NO2.C2H6S2/c1-2-5-16-15(4-1)7-9-22-17-6-3-8-20(23-10-11-24-20)19(17)21(14-18(16)22)25-12-13-26-21;21-17-12-16-14-5-2-1-4-13(14)7-9-20(16)15-6-3-8-19(18(15)17)22-10-11-23-19;21-17-7-3-6-15-18(17)19(22-10-11-23-19)12-16-14-5-2-1-4-13(14)8-9-20(15)16;2*19-15-7-3-6-13-17(15)16(20)10-14-12-5-2-1-4-11(12)8-9-18(13)14;3-1-2-4/h1-2,4-5,17-19H,3,6-14H2;2*1-2,4-5,15-16,18H,3,6-12H2;1-2,4-5,13-14,17H,3,6-10H2;1-2,4-5,14H,3,6-10H2;3-4H,1-2H2. The van der Waals surface area contributed by atoms with E-state index in [4.69, 9.17) is 0 Å². The van der Waals surface area contributed by atoms with Gasteiger partial charge in [0.2, 0.25) is 0 Å². The smallest absolute Gasteiger partial charge is 0.170 e. The van der Waals surface area contributed by atoms with E-state index in [1.165, 1.54) is 149 Å². The summed E-state index contributed by atoms with van der Waals surface area (Å²) in [6, 6.07) is 47.9. The van der Waals surface area contributed by atoms with Crippen LogP contribution >= 0.6 is 119 Å². The van der Waals surface area contributed by atoms with Gasteiger partial charge in [0, 0.05) is 177 Å². The van der Waals surface area contributed by atoms with Gasteiger partial charge < -0.3 is 4.90 Å². The van der Waals surface area contributed by atoms with Crippen LogP contribution in [-0.2, 0) is 60.9 Å². The van der Waals surface area contributed by atoms with Crippen LogP contribution in [0.1, 0.15) is 214 Å². The Labute approximate surface area is 734 Å². The van der Waals surface area contributed by atoms with Crippen molar-refractivity contribution in [3.05, 3.63) is 188 Å². The van der Waals surface area contributed by atoms with Gasteiger partial charge >= 0.3 is 0 Å². The molecular weight excluding hydrogens is 1630 g/mol. The zero-order chi connectivity index (χ0) is 78.9. The maximum Gasteiger partial charge on any atom is 0.170 e. The van der Waals surface area contributed by atoms with Crippen LogP contribution in [0.25, 0.3) is 0 Å². The summed E-state index contributed by atoms with van der Waals surface area (Å²) in [5.41, 5.74) is 16.1. The number of ketones is 6. The number of hydrogen-bond acceptors (Lipinski definition) is 21. The monoisotopic (exact) mass is 1740 g/mol. The number of carbonyl (C=O) groups excluding carboxylic acids is 6. The maximum absolute atomic E-state index is 13.2. The van der Waals surface area contributed by atoms with Crippen molar-refractivity contribution in [1.82, 2.24) is 24.5 Å². The molecule has 14 aliphatic heterocycles. The minimum Gasteiger partial charge on any atom is -0.366 e. The third-order valence-electron chi connectivity index (χ3n) is 30.0. The number of Topliss-reactive ketones (excluding diaryl/α,β-unsaturated/α-hetero) is 6. The van der Waals surface area contributed by atoms with E-state index in [9.17, 15) is 28.8 Å². The first kappa shape index (κ1) is 82.6. The third-order valence-corrected chi connectivity index (χ3v) is 45.3. The zero-order valence-electron chi connectivity index (χ0n) is 67.2. The summed E-state index contributed by atoms with van der Waals surface area (Å²) in [5.74, 6) is 14.8. The van der Waals surface area contributed by atoms with Crippen LogP contribution in [-0.4, -0.2) is 190 Å². The molecule has 4 spiro atoms. The SMILES string of the molecule is O=C1CC2c3ccccc3CCN2C2CCCC3(SCCS3)C12.O=C1CCCC2=C1C(=O)CC1c3ccccc3CCN21.O=C1CCCC2C1C(=O)CC1c3ccccc3CCN12.O=C1CCCC2C1C1(CC3c4ccccc4CCN32)SCCS1.SCCS.c1ccc2c(c1)CCN1C2CC2(SCCS2)C2C1CCCC21SCCS1. The van der Waals surface area contributed by atoms with Gasteiger partial charge in [-0.25, -0.2) is 0 Å². The Morgan fingerprint density at radius 3 is 1.25 bits per heavy atom. The van der Waals surface area contributed by atoms with Crippen LogP contribution in [0, 0.1) is 23.7 Å². The molecule has 14 heterocycles. The van der Waals surface area contributed by atoms with Gasteiger partial charge in [-0.1, -0.05) is 121 Å². The Hall–Kier alpha value is -3.00. The second-order valence-electron chi connectivity index (χ2n) is 35.6. The number of benzene rings is 5. The largest absolute Gasteiger partial charge is 0.366 e. The lowest BCUT2D eigenvalue weighted by atomic mass is 9.72. The molecule has 0 radical (unpaired) electrons. The number of nitrogens with zero attached hydrogens (tertiary/aromatic N) is 5. The normalized spacial score (nSPS) is 32.9. The number of thioether (sulfide) groups is 8. The molecule has 13 unspecified atom stereocenters. The van der Waals surface area contributed by atoms with Crippen molar-refractivity contribution >= 4 is 154 Å². The Morgan fingerprint density at radius 2 is 0.716 bits per heavy atom. The second-order valence-corrected chi connectivity index (χ2v) is 48.9. The van der Waals surface area contributed by atoms with E-state index in [0.29, 0.717) is 81.2 Å². The van der Waals surface area contributed by atoms with Gasteiger partial charge in [0.25, 0.3) is 0 Å². The first-order valence-corrected chi connectivity index (χ1v) is 53.4. The Kier molecular flexibility index (Phi) is 25.3. The first-order valence-electron chi connectivity index (χ1n) is 44.2. The van der Waals surface area contributed by atoms with Crippen LogP contribution in [0.2, 0.25) is 0 Å². The van der Waals surface area contributed by atoms with E-state index in [2.05, 4.69) is 259 Å². The van der Waals surface area contributed by atoms with Crippen LogP contribution in [0.4, 0.5) is 0 Å². The van der Waals surface area contributed by atoms with E-state index in [-0.39, 0.29) is 67.2 Å². The van der Waals surface area contributed by atoms with Gasteiger partial charge in [-0.3, -0.25) is 48.4 Å². The summed E-state index contributed by atoms with van der Waals surface area (Å²) in [4.78, 5) is 88.3. The van der Waals surface area contributed by atoms with Gasteiger partial charge in [0.15, 0.2) is 11.6 Å². The lowest BCUT2D eigenvalue weighted by molar-refractivity contribution is -0.145. The number of carbonyl (C=O) groups is 6. The van der Waals surface area contributed by atoms with E-state index in [0.717, 1.165) is 132 Å². The molecule has 0 bridgehead atoms. The highest BCUT2D eigenvalue weighted by atomic mass is 32.2. The lowest BCUT2D eigenvalue weighted by Crippen LogP contribution is -2.64. The predicted octanol–water partition coefficient (Wildman–Crippen LogP) is 19.0. The summed E-state index contributed by atoms with van der Waals surface area (Å²) in [5, 5.41) is 0. The molecule has 616 valence electrons. The summed E-state index contributed by atoms with van der Waals surface area (Å²) in [6.45, 7) is 5.49. The molecule has 5 aromatic carbocycles. The fourth-order valence-electron chi connectivity index (χ4n) is 25.5. The highest BCUT2D eigenvalue weighted by molar-refractivity contribution is 8.23. The molecule has 19 aliphatic rings.